The van der Waals surface area contributed by atoms with E-state index < -0.39 is 5.82 Å². The molecule has 2 heterocycles. The Hall–Kier alpha value is -1.96. The first-order valence-electron chi connectivity index (χ1n) is 7.83. The number of rotatable bonds is 4. The molecule has 2 amide bonds. The summed E-state index contributed by atoms with van der Waals surface area (Å²) in [6.07, 6.45) is 0. The Balaban J connectivity index is 1.48. The second-order valence-corrected chi connectivity index (χ2v) is 7.07. The van der Waals surface area contributed by atoms with Crippen LogP contribution in [0.1, 0.15) is 9.67 Å². The number of benzene rings is 1. The minimum atomic E-state index is -0.450. The molecule has 25 heavy (non-hydrogen) atoms. The van der Waals surface area contributed by atoms with E-state index in [0.29, 0.717) is 31.9 Å². The second kappa shape index (κ2) is 7.95. The van der Waals surface area contributed by atoms with E-state index in [4.69, 9.17) is 11.6 Å². The molecule has 1 aliphatic heterocycles. The van der Waals surface area contributed by atoms with Gasteiger partial charge in [-0.3, -0.25) is 14.5 Å². The molecule has 2 aromatic rings. The van der Waals surface area contributed by atoms with E-state index in [-0.39, 0.29) is 23.4 Å². The van der Waals surface area contributed by atoms with Crippen LogP contribution in [0.2, 0.25) is 5.02 Å². The van der Waals surface area contributed by atoms with Crippen LogP contribution in [0.5, 0.6) is 0 Å². The van der Waals surface area contributed by atoms with Gasteiger partial charge < -0.3 is 10.2 Å². The summed E-state index contributed by atoms with van der Waals surface area (Å²) in [5, 5.41) is 4.73. The minimum absolute atomic E-state index is 0.0391. The number of carbonyl (C=O) groups excluding carboxylic acids is 2. The largest absolute Gasteiger partial charge is 0.335 e. The number of hydrogen-bond acceptors (Lipinski definition) is 4. The summed E-state index contributed by atoms with van der Waals surface area (Å²) >= 11 is 7.34. The molecular weight excluding hydrogens is 365 g/mol. The van der Waals surface area contributed by atoms with Gasteiger partial charge in [0.1, 0.15) is 5.82 Å². The molecule has 8 heteroatoms. The van der Waals surface area contributed by atoms with Crippen molar-refractivity contribution in [2.75, 3.05) is 38.0 Å². The van der Waals surface area contributed by atoms with Gasteiger partial charge in [-0.05, 0) is 29.6 Å². The molecule has 0 bridgehead atoms. The summed E-state index contributed by atoms with van der Waals surface area (Å²) in [5.41, 5.74) is 0.388. The maximum Gasteiger partial charge on any atom is 0.264 e. The molecule has 0 radical (unpaired) electrons. The van der Waals surface area contributed by atoms with Gasteiger partial charge in [-0.25, -0.2) is 4.39 Å². The van der Waals surface area contributed by atoms with Crippen LogP contribution in [0, 0.1) is 5.82 Å². The van der Waals surface area contributed by atoms with E-state index in [1.165, 1.54) is 23.5 Å². The number of nitrogens with zero attached hydrogens (tertiary/aromatic N) is 2. The first-order chi connectivity index (χ1) is 12.0. The topological polar surface area (TPSA) is 52.7 Å². The summed E-state index contributed by atoms with van der Waals surface area (Å²) in [6.45, 7) is 2.63. The fourth-order valence-electron chi connectivity index (χ4n) is 2.65. The number of anilines is 1. The molecule has 1 N–H and O–H groups in total. The van der Waals surface area contributed by atoms with Crippen LogP contribution in [0.25, 0.3) is 0 Å². The van der Waals surface area contributed by atoms with E-state index in [2.05, 4.69) is 5.32 Å². The smallest absolute Gasteiger partial charge is 0.264 e. The molecule has 0 spiro atoms. The molecule has 0 unspecified atom stereocenters. The van der Waals surface area contributed by atoms with Gasteiger partial charge in [-0.15, -0.1) is 11.3 Å². The molecule has 1 aromatic heterocycles. The van der Waals surface area contributed by atoms with Crippen molar-refractivity contribution in [2.24, 2.45) is 0 Å². The van der Waals surface area contributed by atoms with E-state index in [0.717, 1.165) is 10.9 Å². The zero-order chi connectivity index (χ0) is 17.8. The fraction of sp³-hybridized carbons (Fsp3) is 0.294. The molecule has 1 aromatic carbocycles. The first-order valence-corrected chi connectivity index (χ1v) is 9.09. The van der Waals surface area contributed by atoms with Crippen LogP contribution in [0.4, 0.5) is 10.1 Å². The number of nitrogens with one attached hydrogen (secondary N) is 1. The summed E-state index contributed by atoms with van der Waals surface area (Å²) in [4.78, 5) is 28.9. The lowest BCUT2D eigenvalue weighted by molar-refractivity contribution is -0.117. The van der Waals surface area contributed by atoms with Crippen LogP contribution in [-0.2, 0) is 4.79 Å². The van der Waals surface area contributed by atoms with Gasteiger partial charge in [0.25, 0.3) is 5.91 Å². The normalized spacial score (nSPS) is 15.2. The minimum Gasteiger partial charge on any atom is -0.335 e. The highest BCUT2D eigenvalue weighted by Gasteiger charge is 2.23. The van der Waals surface area contributed by atoms with Crippen LogP contribution in [0.3, 0.4) is 0 Å². The lowest BCUT2D eigenvalue weighted by atomic mass is 10.2. The molecule has 132 valence electrons. The van der Waals surface area contributed by atoms with Crippen molar-refractivity contribution >= 4 is 40.4 Å². The molecule has 0 aliphatic carbocycles. The Bertz CT molecular complexity index is 761. The van der Waals surface area contributed by atoms with Crippen molar-refractivity contribution in [1.82, 2.24) is 9.80 Å². The quantitative estimate of drug-likeness (QED) is 0.885. The number of carbonyl (C=O) groups is 2. The Morgan fingerprint density at radius 3 is 2.60 bits per heavy atom. The molecule has 1 fully saturated rings. The Kier molecular flexibility index (Phi) is 5.67. The SMILES string of the molecule is O=C(CN1CCN(C(=O)c2cccs2)CC1)Nc1ccc(F)cc1Cl. The third kappa shape index (κ3) is 4.56. The third-order valence-electron chi connectivity index (χ3n) is 3.96. The van der Waals surface area contributed by atoms with Gasteiger partial charge in [0.15, 0.2) is 0 Å². The van der Waals surface area contributed by atoms with Crippen molar-refractivity contribution in [1.29, 1.82) is 0 Å². The maximum atomic E-state index is 13.0. The molecule has 0 saturated carbocycles. The van der Waals surface area contributed by atoms with Crippen molar-refractivity contribution in [3.05, 3.63) is 51.4 Å². The average Bonchev–Trinajstić information content (AvgIpc) is 3.12. The average molecular weight is 382 g/mol. The van der Waals surface area contributed by atoms with Crippen LogP contribution >= 0.6 is 22.9 Å². The number of piperazine rings is 1. The van der Waals surface area contributed by atoms with Crippen LogP contribution < -0.4 is 5.32 Å². The lowest BCUT2D eigenvalue weighted by Gasteiger charge is -2.34. The van der Waals surface area contributed by atoms with E-state index in [9.17, 15) is 14.0 Å². The number of thiophene rings is 1. The highest BCUT2D eigenvalue weighted by atomic mass is 35.5. The number of halogens is 2. The van der Waals surface area contributed by atoms with Crippen LogP contribution in [-0.4, -0.2) is 54.3 Å². The maximum absolute atomic E-state index is 13.0. The number of hydrogen-bond donors (Lipinski definition) is 1. The summed E-state index contributed by atoms with van der Waals surface area (Å²) in [7, 11) is 0. The molecule has 0 atom stereocenters. The standard InChI is InChI=1S/C17H17ClFN3O2S/c18-13-10-12(19)3-4-14(13)20-16(23)11-21-5-7-22(8-6-21)17(24)15-2-1-9-25-15/h1-4,9-10H,5-8,11H2,(H,20,23). The Morgan fingerprint density at radius 2 is 1.96 bits per heavy atom. The fourth-order valence-corrected chi connectivity index (χ4v) is 3.55. The first kappa shape index (κ1) is 17.8. The molecular formula is C17H17ClFN3O2S. The van der Waals surface area contributed by atoms with Crippen molar-refractivity contribution in [2.45, 2.75) is 0 Å². The summed E-state index contributed by atoms with van der Waals surface area (Å²) < 4.78 is 13.0. The molecule has 1 aliphatic rings. The van der Waals surface area contributed by atoms with Gasteiger partial charge in [-0.1, -0.05) is 17.7 Å². The van der Waals surface area contributed by atoms with Crippen molar-refractivity contribution < 1.29 is 14.0 Å². The molecule has 3 rings (SSSR count). The van der Waals surface area contributed by atoms with Crippen LogP contribution in [0.15, 0.2) is 35.7 Å². The number of amides is 2. The zero-order valence-electron chi connectivity index (χ0n) is 13.4. The van der Waals surface area contributed by atoms with E-state index >= 15 is 0 Å². The predicted molar refractivity (Wildman–Crippen MR) is 96.7 cm³/mol. The van der Waals surface area contributed by atoms with Gasteiger partial charge in [0.2, 0.25) is 5.91 Å². The highest BCUT2D eigenvalue weighted by Crippen LogP contribution is 2.22. The second-order valence-electron chi connectivity index (χ2n) is 5.72. The van der Waals surface area contributed by atoms with Gasteiger partial charge >= 0.3 is 0 Å². The van der Waals surface area contributed by atoms with E-state index in [1.54, 1.807) is 4.90 Å². The van der Waals surface area contributed by atoms with Crippen molar-refractivity contribution in [3.8, 4) is 0 Å². The summed E-state index contributed by atoms with van der Waals surface area (Å²) in [6, 6.07) is 7.52. The van der Waals surface area contributed by atoms with Gasteiger partial charge in [-0.2, -0.15) is 0 Å². The Morgan fingerprint density at radius 1 is 1.20 bits per heavy atom. The predicted octanol–water partition coefficient (Wildman–Crippen LogP) is 2.94. The van der Waals surface area contributed by atoms with Gasteiger partial charge in [0.05, 0.1) is 22.1 Å². The Labute approximate surface area is 154 Å². The van der Waals surface area contributed by atoms with Gasteiger partial charge in [0, 0.05) is 26.2 Å². The third-order valence-corrected chi connectivity index (χ3v) is 5.13. The molecule has 1 saturated heterocycles. The zero-order valence-corrected chi connectivity index (χ0v) is 14.9. The van der Waals surface area contributed by atoms with Crippen molar-refractivity contribution in [3.63, 3.8) is 0 Å². The van der Waals surface area contributed by atoms with E-state index in [1.807, 2.05) is 22.4 Å². The lowest BCUT2D eigenvalue weighted by Crippen LogP contribution is -2.50. The summed E-state index contributed by atoms with van der Waals surface area (Å²) in [5.74, 6) is -0.627. The highest BCUT2D eigenvalue weighted by molar-refractivity contribution is 7.12. The monoisotopic (exact) mass is 381 g/mol. The molecule has 5 nitrogen and oxygen atoms in total.